The highest BCUT2D eigenvalue weighted by Crippen LogP contribution is 2.35. The topological polar surface area (TPSA) is 139 Å². The van der Waals surface area contributed by atoms with Crippen molar-refractivity contribution in [3.8, 4) is 0 Å². The number of hydrogen-bond donors (Lipinski definition) is 1. The minimum atomic E-state index is -0.992. The van der Waals surface area contributed by atoms with Crippen molar-refractivity contribution in [2.24, 2.45) is 0 Å². The summed E-state index contributed by atoms with van der Waals surface area (Å²) in [4.78, 5) is 12.4. The van der Waals surface area contributed by atoms with E-state index in [1.54, 1.807) is 0 Å². The van der Waals surface area contributed by atoms with Gasteiger partial charge in [0.15, 0.2) is 12.6 Å². The van der Waals surface area contributed by atoms with Crippen molar-refractivity contribution in [3.63, 3.8) is 0 Å². The number of carbonyl (C=O) groups excluding carboxylic acids is 1. The molecule has 13 heteroatoms. The van der Waals surface area contributed by atoms with E-state index in [4.69, 9.17) is 52.1 Å². The molecule has 2 saturated heterocycles. The third-order valence-corrected chi connectivity index (χ3v) is 10.2. The van der Waals surface area contributed by atoms with E-state index in [0.29, 0.717) is 52.7 Å². The number of aliphatic hydroxyl groups excluding tert-OH is 1. The fourth-order valence-corrected chi connectivity index (χ4v) is 6.50. The van der Waals surface area contributed by atoms with Gasteiger partial charge < -0.3 is 57.2 Å². The number of ether oxygens (including phenoxy) is 11. The second-order valence-corrected chi connectivity index (χ2v) is 15.3. The van der Waals surface area contributed by atoms with Gasteiger partial charge in [0, 0.05) is 46.1 Å². The summed E-state index contributed by atoms with van der Waals surface area (Å²) < 4.78 is 70.8. The van der Waals surface area contributed by atoms with E-state index in [2.05, 4.69) is 48.5 Å². The zero-order valence-electron chi connectivity index (χ0n) is 37.0. The number of unbranched alkanes of at least 4 members (excludes halogenated alkanes) is 7. The van der Waals surface area contributed by atoms with Crippen molar-refractivity contribution in [2.45, 2.75) is 213 Å². The molecule has 10 atom stereocenters. The maximum Gasteiger partial charge on any atom is 0.305 e. The first-order valence-corrected chi connectivity index (χ1v) is 22.9. The summed E-state index contributed by atoms with van der Waals surface area (Å²) >= 11 is 0. The molecular weight excluding hydrogens is 736 g/mol. The predicted molar refractivity (Wildman–Crippen MR) is 219 cm³/mol. The predicted octanol–water partition coefficient (Wildman–Crippen LogP) is 7.70. The third kappa shape index (κ3) is 20.4. The lowest BCUT2D eigenvalue weighted by molar-refractivity contribution is -0.372. The SMILES string of the molecule is CCCCOCC1O[C@@H](O[C@@H]2C(COCCCC)O[C@@H](OCCCC(=O)OCCCC)C(OCCCC)C2OCCCC)C(OCCCC)C(OCCCC)[C@H]1O. The van der Waals surface area contributed by atoms with Gasteiger partial charge in [-0.2, -0.15) is 0 Å². The maximum absolute atomic E-state index is 12.4. The van der Waals surface area contributed by atoms with Crippen molar-refractivity contribution >= 4 is 5.97 Å². The molecule has 0 aromatic heterocycles. The Morgan fingerprint density at radius 1 is 0.456 bits per heavy atom. The van der Waals surface area contributed by atoms with Crippen LogP contribution < -0.4 is 0 Å². The van der Waals surface area contributed by atoms with Gasteiger partial charge in [-0.05, 0) is 51.4 Å². The van der Waals surface area contributed by atoms with E-state index >= 15 is 0 Å². The highest BCUT2D eigenvalue weighted by Gasteiger charge is 2.54. The molecule has 13 nitrogen and oxygen atoms in total. The van der Waals surface area contributed by atoms with Crippen LogP contribution in [0, 0.1) is 0 Å². The van der Waals surface area contributed by atoms with Crippen LogP contribution >= 0.6 is 0 Å². The van der Waals surface area contributed by atoms with Crippen molar-refractivity contribution in [1.82, 2.24) is 0 Å². The number of esters is 1. The minimum Gasteiger partial charge on any atom is -0.466 e. The fourth-order valence-electron chi connectivity index (χ4n) is 6.50. The molecule has 338 valence electrons. The number of aliphatic hydroxyl groups is 1. The molecule has 2 heterocycles. The Morgan fingerprint density at radius 3 is 1.42 bits per heavy atom. The van der Waals surface area contributed by atoms with Crippen LogP contribution in [0.25, 0.3) is 0 Å². The molecule has 0 spiro atoms. The van der Waals surface area contributed by atoms with Crippen LogP contribution in [0.1, 0.15) is 151 Å². The Morgan fingerprint density at radius 2 is 0.877 bits per heavy atom. The lowest BCUT2D eigenvalue weighted by Gasteiger charge is -2.49. The second-order valence-electron chi connectivity index (χ2n) is 15.3. The summed E-state index contributed by atoms with van der Waals surface area (Å²) in [7, 11) is 0. The monoisotopic (exact) mass is 821 g/mol. The van der Waals surface area contributed by atoms with E-state index in [1.807, 2.05) is 0 Å². The van der Waals surface area contributed by atoms with Gasteiger partial charge in [-0.1, -0.05) is 93.4 Å². The van der Waals surface area contributed by atoms with Crippen LogP contribution in [-0.2, 0) is 56.9 Å². The Labute approximate surface area is 346 Å². The minimum absolute atomic E-state index is 0.183. The zero-order chi connectivity index (χ0) is 41.5. The standard InChI is InChI=1S/C44H84O13/c1-8-15-24-47-32-34-37(46)39(50-27-18-11-4)41(52-29-20-13-6)44(55-34)57-38-35(33-48-25-16-9-2)56-43(54-31-22-23-36(45)49-26-17-10-3)42(53-30-21-14-7)40(38)51-28-19-12-5/h34-35,37-44,46H,8-33H2,1-7H3/t34?,35?,37-,38+,39?,40?,41?,42?,43+,44-/m0/s1. The van der Waals surface area contributed by atoms with Crippen LogP contribution in [0.2, 0.25) is 0 Å². The van der Waals surface area contributed by atoms with E-state index in [0.717, 1.165) is 89.9 Å². The Hall–Kier alpha value is -0.970. The molecule has 6 unspecified atom stereocenters. The van der Waals surface area contributed by atoms with Gasteiger partial charge in [-0.3, -0.25) is 4.79 Å². The molecule has 57 heavy (non-hydrogen) atoms. The summed E-state index contributed by atoms with van der Waals surface area (Å²) in [6.07, 6.45) is 5.93. The van der Waals surface area contributed by atoms with Crippen LogP contribution in [0.5, 0.6) is 0 Å². The number of carbonyl (C=O) groups is 1. The van der Waals surface area contributed by atoms with Crippen molar-refractivity contribution in [1.29, 1.82) is 0 Å². The highest BCUT2D eigenvalue weighted by atomic mass is 16.8. The summed E-state index contributed by atoms with van der Waals surface area (Å²) in [5.41, 5.74) is 0. The summed E-state index contributed by atoms with van der Waals surface area (Å²) in [6, 6.07) is 0. The molecule has 0 aromatic carbocycles. The van der Waals surface area contributed by atoms with E-state index in [9.17, 15) is 9.90 Å². The van der Waals surface area contributed by atoms with Gasteiger partial charge in [-0.15, -0.1) is 0 Å². The van der Waals surface area contributed by atoms with Gasteiger partial charge in [0.2, 0.25) is 0 Å². The number of rotatable bonds is 36. The Balaban J connectivity index is 2.52. The van der Waals surface area contributed by atoms with Gasteiger partial charge in [0.1, 0.15) is 48.8 Å². The molecule has 0 amide bonds. The second kappa shape index (κ2) is 33.7. The van der Waals surface area contributed by atoms with E-state index in [-0.39, 0.29) is 32.2 Å². The number of hydrogen-bond acceptors (Lipinski definition) is 13. The Kier molecular flexibility index (Phi) is 30.9. The molecule has 2 fully saturated rings. The molecule has 0 bridgehead atoms. The van der Waals surface area contributed by atoms with Gasteiger partial charge >= 0.3 is 5.97 Å². The highest BCUT2D eigenvalue weighted by molar-refractivity contribution is 5.69. The molecule has 2 aliphatic rings. The van der Waals surface area contributed by atoms with Gasteiger partial charge in [0.25, 0.3) is 0 Å². The maximum atomic E-state index is 12.4. The molecule has 2 aliphatic heterocycles. The van der Waals surface area contributed by atoms with E-state index in [1.165, 1.54) is 0 Å². The molecule has 0 aliphatic carbocycles. The van der Waals surface area contributed by atoms with Crippen molar-refractivity contribution in [2.75, 3.05) is 66.1 Å². The summed E-state index contributed by atoms with van der Waals surface area (Å²) in [5.74, 6) is -0.233. The summed E-state index contributed by atoms with van der Waals surface area (Å²) in [6.45, 7) is 18.9. The molecule has 2 rings (SSSR count). The zero-order valence-corrected chi connectivity index (χ0v) is 37.0. The quantitative estimate of drug-likeness (QED) is 0.0489. The van der Waals surface area contributed by atoms with Crippen LogP contribution in [-0.4, -0.2) is 139 Å². The molecule has 0 radical (unpaired) electrons. The van der Waals surface area contributed by atoms with Gasteiger partial charge in [-0.25, -0.2) is 0 Å². The average molecular weight is 821 g/mol. The first kappa shape index (κ1) is 52.2. The first-order valence-electron chi connectivity index (χ1n) is 22.9. The lowest BCUT2D eigenvalue weighted by atomic mass is 9.96. The summed E-state index contributed by atoms with van der Waals surface area (Å²) in [5, 5.41) is 11.7. The van der Waals surface area contributed by atoms with Crippen LogP contribution in [0.4, 0.5) is 0 Å². The largest absolute Gasteiger partial charge is 0.466 e. The normalized spacial score (nSPS) is 27.9. The van der Waals surface area contributed by atoms with E-state index < -0.39 is 61.4 Å². The van der Waals surface area contributed by atoms with Crippen molar-refractivity contribution < 1.29 is 62.0 Å². The smallest absolute Gasteiger partial charge is 0.305 e. The molecule has 0 aromatic rings. The van der Waals surface area contributed by atoms with Gasteiger partial charge in [0.05, 0.1) is 26.4 Å². The van der Waals surface area contributed by atoms with Crippen LogP contribution in [0.15, 0.2) is 0 Å². The first-order chi connectivity index (χ1) is 27.9. The fraction of sp³-hybridized carbons (Fsp3) is 0.977. The average Bonchev–Trinajstić information content (AvgIpc) is 3.20. The third-order valence-electron chi connectivity index (χ3n) is 10.2. The van der Waals surface area contributed by atoms with Crippen LogP contribution in [0.3, 0.4) is 0 Å². The molecule has 1 N–H and O–H groups in total. The molecule has 0 saturated carbocycles. The Bertz CT molecular complexity index is 944. The lowest BCUT2D eigenvalue weighted by Crippen LogP contribution is -2.66. The van der Waals surface area contributed by atoms with Crippen molar-refractivity contribution in [3.05, 3.63) is 0 Å². The molecular formula is C44H84O13.